The molecule has 0 heterocycles. The van der Waals surface area contributed by atoms with E-state index in [1.807, 2.05) is 49.4 Å². The Balaban J connectivity index is 2.42. The maximum atomic E-state index is 5.74. The Hall–Kier alpha value is -1.39. The first-order valence-corrected chi connectivity index (χ1v) is 6.70. The van der Waals surface area contributed by atoms with Crippen molar-refractivity contribution in [2.45, 2.75) is 6.92 Å². The molecule has 2 aromatic rings. The Morgan fingerprint density at radius 3 is 2.56 bits per heavy atom. The van der Waals surface area contributed by atoms with E-state index in [0.29, 0.717) is 4.99 Å². The summed E-state index contributed by atoms with van der Waals surface area (Å²) in [5, 5.41) is 3.35. The van der Waals surface area contributed by atoms with E-state index in [0.717, 1.165) is 27.0 Å². The maximum Gasteiger partial charge on any atom is 0.106 e. The molecule has 0 aromatic heterocycles. The van der Waals surface area contributed by atoms with E-state index < -0.39 is 0 Å². The molecule has 0 spiro atoms. The number of nitrogens with two attached hydrogens (primary N) is 1. The molecule has 0 amide bonds. The van der Waals surface area contributed by atoms with Gasteiger partial charge in [0.05, 0.1) is 5.69 Å². The van der Waals surface area contributed by atoms with Crippen molar-refractivity contribution in [2.75, 3.05) is 5.32 Å². The molecular formula is C14H13BrN2S. The van der Waals surface area contributed by atoms with Gasteiger partial charge in [-0.25, -0.2) is 0 Å². The van der Waals surface area contributed by atoms with Crippen molar-refractivity contribution in [1.29, 1.82) is 0 Å². The quantitative estimate of drug-likeness (QED) is 0.835. The van der Waals surface area contributed by atoms with Gasteiger partial charge in [-0.2, -0.15) is 0 Å². The zero-order chi connectivity index (χ0) is 13.1. The molecule has 2 rings (SSSR count). The molecule has 0 unspecified atom stereocenters. The van der Waals surface area contributed by atoms with Gasteiger partial charge in [0.15, 0.2) is 0 Å². The molecule has 0 saturated carbocycles. The number of hydrogen-bond acceptors (Lipinski definition) is 2. The lowest BCUT2D eigenvalue weighted by atomic mass is 10.1. The monoisotopic (exact) mass is 320 g/mol. The lowest BCUT2D eigenvalue weighted by molar-refractivity contribution is 1.43. The fraction of sp³-hybridized carbons (Fsp3) is 0.0714. The van der Waals surface area contributed by atoms with Crippen LogP contribution in [0, 0.1) is 6.92 Å². The minimum Gasteiger partial charge on any atom is -0.389 e. The highest BCUT2D eigenvalue weighted by molar-refractivity contribution is 9.10. The van der Waals surface area contributed by atoms with E-state index in [9.17, 15) is 0 Å². The van der Waals surface area contributed by atoms with Crippen LogP contribution in [0.25, 0.3) is 0 Å². The lowest BCUT2D eigenvalue weighted by Gasteiger charge is -2.13. The maximum absolute atomic E-state index is 5.74. The molecule has 2 aromatic carbocycles. The first kappa shape index (κ1) is 13.1. The topological polar surface area (TPSA) is 38.0 Å². The second kappa shape index (κ2) is 5.50. The summed E-state index contributed by atoms with van der Waals surface area (Å²) >= 11 is 8.58. The van der Waals surface area contributed by atoms with E-state index in [4.69, 9.17) is 18.0 Å². The van der Waals surface area contributed by atoms with Crippen molar-refractivity contribution in [3.8, 4) is 0 Å². The Morgan fingerprint density at radius 2 is 1.89 bits per heavy atom. The number of anilines is 2. The highest BCUT2D eigenvalue weighted by atomic mass is 79.9. The number of rotatable bonds is 3. The fourth-order valence-electron chi connectivity index (χ4n) is 1.68. The smallest absolute Gasteiger partial charge is 0.106 e. The molecule has 0 radical (unpaired) electrons. The van der Waals surface area contributed by atoms with E-state index in [2.05, 4.69) is 21.2 Å². The molecule has 0 saturated heterocycles. The molecule has 18 heavy (non-hydrogen) atoms. The number of halogens is 1. The van der Waals surface area contributed by atoms with Crippen molar-refractivity contribution in [3.05, 3.63) is 58.1 Å². The van der Waals surface area contributed by atoms with Gasteiger partial charge in [-0.05, 0) is 52.7 Å². The van der Waals surface area contributed by atoms with Crippen LogP contribution in [0.3, 0.4) is 0 Å². The number of thiocarbonyl (C=S) groups is 1. The molecular weight excluding hydrogens is 308 g/mol. The van der Waals surface area contributed by atoms with E-state index in [-0.39, 0.29) is 0 Å². The molecule has 0 aliphatic heterocycles. The molecule has 92 valence electrons. The summed E-state index contributed by atoms with van der Waals surface area (Å²) in [7, 11) is 0. The second-order valence-corrected chi connectivity index (χ2v) is 5.31. The van der Waals surface area contributed by atoms with E-state index in [1.54, 1.807) is 0 Å². The minimum absolute atomic E-state index is 0.393. The molecule has 3 N–H and O–H groups in total. The summed E-state index contributed by atoms with van der Waals surface area (Å²) in [5.41, 5.74) is 9.66. The number of nitrogens with one attached hydrogen (secondary N) is 1. The fourth-order valence-corrected chi connectivity index (χ4v) is 2.25. The van der Waals surface area contributed by atoms with E-state index >= 15 is 0 Å². The average molecular weight is 321 g/mol. The van der Waals surface area contributed by atoms with Gasteiger partial charge in [0.1, 0.15) is 4.99 Å². The van der Waals surface area contributed by atoms with Gasteiger partial charge in [-0.1, -0.05) is 30.4 Å². The van der Waals surface area contributed by atoms with Gasteiger partial charge in [-0.3, -0.25) is 0 Å². The number of aryl methyl sites for hydroxylation is 1. The Kier molecular flexibility index (Phi) is 3.99. The van der Waals surface area contributed by atoms with Crippen molar-refractivity contribution in [2.24, 2.45) is 5.73 Å². The van der Waals surface area contributed by atoms with Crippen molar-refractivity contribution in [1.82, 2.24) is 0 Å². The minimum atomic E-state index is 0.393. The van der Waals surface area contributed by atoms with Crippen LogP contribution in [0.2, 0.25) is 0 Å². The van der Waals surface area contributed by atoms with Crippen LogP contribution in [0.1, 0.15) is 11.1 Å². The molecule has 0 aliphatic carbocycles. The largest absolute Gasteiger partial charge is 0.389 e. The Labute approximate surface area is 120 Å². The van der Waals surface area contributed by atoms with Crippen molar-refractivity contribution in [3.63, 3.8) is 0 Å². The zero-order valence-electron chi connectivity index (χ0n) is 9.91. The predicted octanol–water partition coefficient (Wildman–Crippen LogP) is 4.14. The average Bonchev–Trinajstić information content (AvgIpc) is 2.32. The van der Waals surface area contributed by atoms with Crippen LogP contribution in [-0.4, -0.2) is 4.99 Å². The van der Waals surface area contributed by atoms with Crippen LogP contribution in [0.4, 0.5) is 11.4 Å². The van der Waals surface area contributed by atoms with Gasteiger partial charge in [-0.15, -0.1) is 0 Å². The third kappa shape index (κ3) is 2.89. The molecule has 2 nitrogen and oxygen atoms in total. The SMILES string of the molecule is Cc1ccc(C(N)=S)c(Nc2ccccc2Br)c1. The molecule has 0 atom stereocenters. The molecule has 0 fully saturated rings. The van der Waals surface area contributed by atoms with Gasteiger partial charge < -0.3 is 11.1 Å². The molecule has 0 aliphatic rings. The standard InChI is InChI=1S/C14H13BrN2S/c1-9-6-7-10(14(16)18)13(8-9)17-12-5-3-2-4-11(12)15/h2-8,17H,1H3,(H2,16,18). The normalized spacial score (nSPS) is 10.1. The van der Waals surface area contributed by atoms with Gasteiger partial charge in [0, 0.05) is 15.7 Å². The first-order valence-electron chi connectivity index (χ1n) is 5.50. The Morgan fingerprint density at radius 1 is 1.17 bits per heavy atom. The van der Waals surface area contributed by atoms with Crippen LogP contribution >= 0.6 is 28.1 Å². The van der Waals surface area contributed by atoms with Crippen molar-refractivity contribution >= 4 is 44.5 Å². The van der Waals surface area contributed by atoms with Gasteiger partial charge >= 0.3 is 0 Å². The third-order valence-electron chi connectivity index (χ3n) is 2.58. The Bertz CT molecular complexity index is 596. The first-order chi connectivity index (χ1) is 8.58. The van der Waals surface area contributed by atoms with Crippen LogP contribution in [0.5, 0.6) is 0 Å². The molecule has 4 heteroatoms. The van der Waals surface area contributed by atoms with Crippen LogP contribution in [0.15, 0.2) is 46.9 Å². The zero-order valence-corrected chi connectivity index (χ0v) is 12.3. The van der Waals surface area contributed by atoms with Gasteiger partial charge in [0.2, 0.25) is 0 Å². The highest BCUT2D eigenvalue weighted by Crippen LogP contribution is 2.27. The third-order valence-corrected chi connectivity index (χ3v) is 3.50. The van der Waals surface area contributed by atoms with Crippen molar-refractivity contribution < 1.29 is 0 Å². The number of benzene rings is 2. The summed E-state index contributed by atoms with van der Waals surface area (Å²) in [6.45, 7) is 2.04. The van der Waals surface area contributed by atoms with Crippen LogP contribution < -0.4 is 11.1 Å². The highest BCUT2D eigenvalue weighted by Gasteiger charge is 2.07. The van der Waals surface area contributed by atoms with Crippen LogP contribution in [-0.2, 0) is 0 Å². The summed E-state index contributed by atoms with van der Waals surface area (Å²) in [5.74, 6) is 0. The second-order valence-electron chi connectivity index (χ2n) is 4.02. The van der Waals surface area contributed by atoms with Gasteiger partial charge in [0.25, 0.3) is 0 Å². The summed E-state index contributed by atoms with van der Waals surface area (Å²) in [4.78, 5) is 0.393. The predicted molar refractivity (Wildman–Crippen MR) is 84.5 cm³/mol. The number of hydrogen-bond donors (Lipinski definition) is 2. The molecule has 0 bridgehead atoms. The summed E-state index contributed by atoms with van der Waals surface area (Å²) < 4.78 is 1.00. The van der Waals surface area contributed by atoms with E-state index in [1.165, 1.54) is 0 Å². The number of para-hydroxylation sites is 1. The lowest BCUT2D eigenvalue weighted by Crippen LogP contribution is -2.12. The summed E-state index contributed by atoms with van der Waals surface area (Å²) in [6.07, 6.45) is 0. The summed E-state index contributed by atoms with van der Waals surface area (Å²) in [6, 6.07) is 13.9.